The Morgan fingerprint density at radius 1 is 1.50 bits per heavy atom. The first-order chi connectivity index (χ1) is 9.33. The molecular weight excluding hydrogens is 289 g/mol. The van der Waals surface area contributed by atoms with E-state index >= 15 is 0 Å². The fourth-order valence-electron chi connectivity index (χ4n) is 1.69. The summed E-state index contributed by atoms with van der Waals surface area (Å²) in [5.74, 6) is -2.04. The highest BCUT2D eigenvalue weighted by atomic mass is 32.2. The molecular formula is C11H12FN3O4S. The highest BCUT2D eigenvalue weighted by Gasteiger charge is 2.28. The van der Waals surface area contributed by atoms with E-state index < -0.39 is 27.9 Å². The predicted octanol–water partition coefficient (Wildman–Crippen LogP) is 0.749. The third-order valence-electron chi connectivity index (χ3n) is 2.67. The van der Waals surface area contributed by atoms with Crippen molar-refractivity contribution in [1.29, 1.82) is 0 Å². The maximum atomic E-state index is 13.1. The number of hydrogen-bond acceptors (Lipinski definition) is 4. The molecule has 0 amide bonds. The minimum atomic E-state index is -3.97. The van der Waals surface area contributed by atoms with E-state index in [1.165, 1.54) is 6.07 Å². The van der Waals surface area contributed by atoms with Gasteiger partial charge in [-0.2, -0.15) is 0 Å². The normalized spacial score (nSPS) is 19.6. The van der Waals surface area contributed by atoms with Gasteiger partial charge in [-0.3, -0.25) is 0 Å². The molecule has 9 heteroatoms. The summed E-state index contributed by atoms with van der Waals surface area (Å²) in [6.45, 7) is 1.61. The van der Waals surface area contributed by atoms with Crippen molar-refractivity contribution in [3.63, 3.8) is 0 Å². The number of guanidine groups is 1. The lowest BCUT2D eigenvalue weighted by atomic mass is 10.2. The molecule has 0 bridgehead atoms. The van der Waals surface area contributed by atoms with Gasteiger partial charge in [0.25, 0.3) is 10.0 Å². The highest BCUT2D eigenvalue weighted by Crippen LogP contribution is 2.25. The molecule has 0 spiro atoms. The van der Waals surface area contributed by atoms with Crippen molar-refractivity contribution in [3.8, 4) is 0 Å². The Labute approximate surface area is 114 Å². The molecule has 1 aliphatic rings. The molecule has 1 unspecified atom stereocenters. The molecule has 20 heavy (non-hydrogen) atoms. The van der Waals surface area contributed by atoms with E-state index in [2.05, 4.69) is 15.0 Å². The fourth-order valence-corrected chi connectivity index (χ4v) is 2.84. The molecule has 1 aromatic carbocycles. The molecule has 1 heterocycles. The first-order valence-corrected chi connectivity index (χ1v) is 7.22. The van der Waals surface area contributed by atoms with Gasteiger partial charge in [0, 0.05) is 0 Å². The van der Waals surface area contributed by atoms with Crippen LogP contribution < -0.4 is 10.0 Å². The van der Waals surface area contributed by atoms with Crippen LogP contribution in [0.2, 0.25) is 0 Å². The lowest BCUT2D eigenvalue weighted by Gasteiger charge is -2.22. The number of benzene rings is 1. The van der Waals surface area contributed by atoms with E-state index in [0.29, 0.717) is 0 Å². The minimum Gasteiger partial charge on any atom is -0.480 e. The van der Waals surface area contributed by atoms with Gasteiger partial charge < -0.3 is 10.4 Å². The van der Waals surface area contributed by atoms with Crippen LogP contribution in [0.5, 0.6) is 0 Å². The van der Waals surface area contributed by atoms with Gasteiger partial charge in [-0.15, -0.1) is 0 Å². The molecule has 1 atom stereocenters. The van der Waals surface area contributed by atoms with Crippen LogP contribution in [0.1, 0.15) is 13.3 Å². The van der Waals surface area contributed by atoms with Gasteiger partial charge in [0.15, 0.2) is 6.04 Å². The zero-order chi connectivity index (χ0) is 14.9. The number of aliphatic carboxylic acids is 1. The second-order valence-electron chi connectivity index (χ2n) is 4.11. The van der Waals surface area contributed by atoms with Crippen LogP contribution >= 0.6 is 0 Å². The maximum Gasteiger partial charge on any atom is 0.328 e. The quantitative estimate of drug-likeness (QED) is 0.763. The molecule has 3 N–H and O–H groups in total. The predicted molar refractivity (Wildman–Crippen MR) is 69.5 cm³/mol. The number of hydrogen-bond donors (Lipinski definition) is 3. The number of aliphatic imine (C=N–C) groups is 1. The topological polar surface area (TPSA) is 108 Å². The maximum absolute atomic E-state index is 13.1. The van der Waals surface area contributed by atoms with Gasteiger partial charge in [-0.1, -0.05) is 6.92 Å². The molecule has 0 aromatic heterocycles. The van der Waals surface area contributed by atoms with Crippen molar-refractivity contribution in [2.45, 2.75) is 24.3 Å². The van der Waals surface area contributed by atoms with Gasteiger partial charge in [0.1, 0.15) is 10.7 Å². The van der Waals surface area contributed by atoms with E-state index in [-0.39, 0.29) is 23.0 Å². The standard InChI is InChI=1S/C11H12FN3O4S/c1-2-7(10(16)17)13-11-14-8-4-3-6(12)5-9(8)20(18,19)15-11/h3-5,7H,2H2,1H3,(H,16,17)(H2,13,14,15). The van der Waals surface area contributed by atoms with Crippen LogP contribution in [-0.4, -0.2) is 31.5 Å². The first-order valence-electron chi connectivity index (χ1n) is 5.73. The summed E-state index contributed by atoms with van der Waals surface area (Å²) in [5.41, 5.74) is 0.143. The highest BCUT2D eigenvalue weighted by molar-refractivity contribution is 7.90. The van der Waals surface area contributed by atoms with Gasteiger partial charge in [-0.05, 0) is 24.6 Å². The first kappa shape index (κ1) is 14.3. The largest absolute Gasteiger partial charge is 0.480 e. The third-order valence-corrected chi connectivity index (χ3v) is 4.05. The van der Waals surface area contributed by atoms with Crippen LogP contribution in [0.4, 0.5) is 10.1 Å². The third kappa shape index (κ3) is 2.72. The molecule has 7 nitrogen and oxygen atoms in total. The molecule has 0 aliphatic carbocycles. The average molecular weight is 301 g/mol. The summed E-state index contributed by atoms with van der Waals surface area (Å²) in [4.78, 5) is 14.4. The van der Waals surface area contributed by atoms with Gasteiger partial charge >= 0.3 is 5.97 Å². The number of nitrogens with one attached hydrogen (secondary N) is 2. The van der Waals surface area contributed by atoms with Crippen molar-refractivity contribution in [2.75, 3.05) is 5.32 Å². The molecule has 0 saturated carbocycles. The van der Waals surface area contributed by atoms with Crippen LogP contribution in [0, 0.1) is 5.82 Å². The molecule has 0 radical (unpaired) electrons. The van der Waals surface area contributed by atoms with Gasteiger partial charge in [0.2, 0.25) is 5.96 Å². The monoisotopic (exact) mass is 301 g/mol. The van der Waals surface area contributed by atoms with Crippen molar-refractivity contribution in [2.24, 2.45) is 4.99 Å². The summed E-state index contributed by atoms with van der Waals surface area (Å²) in [5, 5.41) is 11.5. The fraction of sp³-hybridized carbons (Fsp3) is 0.273. The van der Waals surface area contributed by atoms with E-state index in [0.717, 1.165) is 12.1 Å². The number of halogens is 1. The van der Waals surface area contributed by atoms with Crippen molar-refractivity contribution in [1.82, 2.24) is 4.72 Å². The van der Waals surface area contributed by atoms with Crippen LogP contribution in [0.15, 0.2) is 28.1 Å². The molecule has 0 saturated heterocycles. The van der Waals surface area contributed by atoms with Crippen molar-refractivity contribution < 1.29 is 22.7 Å². The van der Waals surface area contributed by atoms with E-state index in [9.17, 15) is 17.6 Å². The Hall–Kier alpha value is -2.16. The lowest BCUT2D eigenvalue weighted by molar-refractivity contribution is -0.138. The second-order valence-corrected chi connectivity index (χ2v) is 5.76. The minimum absolute atomic E-state index is 0.143. The number of fused-ring (bicyclic) bond motifs is 1. The van der Waals surface area contributed by atoms with E-state index in [1.807, 2.05) is 0 Å². The van der Waals surface area contributed by atoms with Crippen LogP contribution in [0.3, 0.4) is 0 Å². The summed E-state index contributed by atoms with van der Waals surface area (Å²) in [7, 11) is -3.97. The number of nitrogens with zero attached hydrogens (tertiary/aromatic N) is 1. The molecule has 2 rings (SSSR count). The zero-order valence-electron chi connectivity index (χ0n) is 10.4. The number of carboxylic acids is 1. The van der Waals surface area contributed by atoms with Crippen LogP contribution in [0.25, 0.3) is 0 Å². The summed E-state index contributed by atoms with van der Waals surface area (Å²) in [6, 6.07) is 2.15. The molecule has 1 aliphatic heterocycles. The number of rotatable bonds is 3. The second kappa shape index (κ2) is 5.08. The number of carboxylic acid groups (broad SMARTS) is 1. The average Bonchev–Trinajstić information content (AvgIpc) is 2.36. The van der Waals surface area contributed by atoms with Crippen LogP contribution in [-0.2, 0) is 14.8 Å². The summed E-state index contributed by atoms with van der Waals surface area (Å²) in [6.07, 6.45) is 0.207. The van der Waals surface area contributed by atoms with E-state index in [1.54, 1.807) is 6.92 Å². The Bertz CT molecular complexity index is 687. The van der Waals surface area contributed by atoms with E-state index in [4.69, 9.17) is 5.11 Å². The molecule has 1 aromatic rings. The lowest BCUT2D eigenvalue weighted by Crippen LogP contribution is -2.42. The van der Waals surface area contributed by atoms with Gasteiger partial charge in [-0.25, -0.2) is 27.3 Å². The Kier molecular flexibility index (Phi) is 3.62. The Morgan fingerprint density at radius 3 is 2.80 bits per heavy atom. The smallest absolute Gasteiger partial charge is 0.328 e. The van der Waals surface area contributed by atoms with Crippen molar-refractivity contribution in [3.05, 3.63) is 24.0 Å². The van der Waals surface area contributed by atoms with Gasteiger partial charge in [0.05, 0.1) is 5.69 Å². The molecule has 108 valence electrons. The Balaban J connectivity index is 2.43. The number of anilines is 1. The SMILES string of the molecule is CCC(N=C1Nc2ccc(F)cc2S(=O)(=O)N1)C(=O)O. The summed E-state index contributed by atoms with van der Waals surface area (Å²) >= 11 is 0. The zero-order valence-corrected chi connectivity index (χ0v) is 11.2. The summed E-state index contributed by atoms with van der Waals surface area (Å²) < 4.78 is 39.0. The van der Waals surface area contributed by atoms with Crippen molar-refractivity contribution >= 4 is 27.6 Å². The Morgan fingerprint density at radius 2 is 2.20 bits per heavy atom. The molecule has 0 fully saturated rings. The number of carbonyl (C=O) groups is 1. The number of sulfonamides is 1.